The number of hydrogen-bond donors (Lipinski definition) is 1. The number of nitrogens with one attached hydrogen (secondary N) is 1. The molecule has 1 fully saturated rings. The first-order valence-electron chi connectivity index (χ1n) is 10.2. The molecule has 6 nitrogen and oxygen atoms in total. The van der Waals surface area contributed by atoms with Crippen molar-refractivity contribution >= 4 is 17.7 Å². The summed E-state index contributed by atoms with van der Waals surface area (Å²) in [6.45, 7) is 2.73. The van der Waals surface area contributed by atoms with Gasteiger partial charge in [0.05, 0.1) is 21.3 Å². The van der Waals surface area contributed by atoms with Crippen LogP contribution >= 0.6 is 0 Å². The average molecular weight is 411 g/mol. The van der Waals surface area contributed by atoms with E-state index >= 15 is 0 Å². The Morgan fingerprint density at radius 2 is 1.63 bits per heavy atom. The van der Waals surface area contributed by atoms with Gasteiger partial charge >= 0.3 is 0 Å². The molecule has 160 valence electrons. The van der Waals surface area contributed by atoms with Crippen molar-refractivity contribution in [3.05, 3.63) is 53.6 Å². The Hall–Kier alpha value is -3.15. The van der Waals surface area contributed by atoms with Crippen LogP contribution in [0.3, 0.4) is 0 Å². The van der Waals surface area contributed by atoms with Crippen LogP contribution in [0.4, 0.5) is 5.69 Å². The zero-order chi connectivity index (χ0) is 21.3. The minimum atomic E-state index is -0.174. The molecule has 0 saturated carbocycles. The van der Waals surface area contributed by atoms with Crippen LogP contribution in [0, 0.1) is 0 Å². The molecule has 1 aliphatic heterocycles. The summed E-state index contributed by atoms with van der Waals surface area (Å²) >= 11 is 0. The monoisotopic (exact) mass is 410 g/mol. The van der Waals surface area contributed by atoms with E-state index in [2.05, 4.69) is 34.5 Å². The fourth-order valence-electron chi connectivity index (χ4n) is 3.65. The molecule has 1 saturated heterocycles. The molecular weight excluding hydrogens is 380 g/mol. The van der Waals surface area contributed by atoms with E-state index < -0.39 is 0 Å². The summed E-state index contributed by atoms with van der Waals surface area (Å²) in [7, 11) is 4.68. The number of amides is 1. The Morgan fingerprint density at radius 1 is 0.933 bits per heavy atom. The van der Waals surface area contributed by atoms with E-state index in [1.54, 1.807) is 33.5 Å². The van der Waals surface area contributed by atoms with Crippen LogP contribution in [0.25, 0.3) is 6.08 Å². The van der Waals surface area contributed by atoms with Gasteiger partial charge in [-0.2, -0.15) is 0 Å². The predicted molar refractivity (Wildman–Crippen MR) is 119 cm³/mol. The number of piperidine rings is 1. The van der Waals surface area contributed by atoms with Crippen molar-refractivity contribution in [1.82, 2.24) is 5.32 Å². The van der Waals surface area contributed by atoms with Crippen LogP contribution in [0.5, 0.6) is 17.2 Å². The molecule has 0 bridgehead atoms. The Kier molecular flexibility index (Phi) is 7.60. The van der Waals surface area contributed by atoms with Crippen molar-refractivity contribution in [2.75, 3.05) is 39.3 Å². The van der Waals surface area contributed by atoms with Crippen LogP contribution in [-0.4, -0.2) is 40.3 Å². The molecule has 1 amide bonds. The van der Waals surface area contributed by atoms with Crippen LogP contribution in [0.2, 0.25) is 0 Å². The minimum absolute atomic E-state index is 0.174. The number of carbonyl (C=O) groups is 1. The Balaban J connectivity index is 1.58. The molecule has 2 aromatic carbocycles. The third-order valence-electron chi connectivity index (χ3n) is 5.27. The highest BCUT2D eigenvalue weighted by molar-refractivity contribution is 5.92. The van der Waals surface area contributed by atoms with Crippen molar-refractivity contribution in [1.29, 1.82) is 0 Å². The first kappa shape index (κ1) is 21.6. The maximum absolute atomic E-state index is 12.3. The average Bonchev–Trinajstić information content (AvgIpc) is 2.81. The van der Waals surface area contributed by atoms with Crippen LogP contribution in [-0.2, 0) is 11.3 Å². The van der Waals surface area contributed by atoms with E-state index in [1.165, 1.54) is 31.0 Å². The number of anilines is 1. The number of rotatable bonds is 8. The second-order valence-corrected chi connectivity index (χ2v) is 7.19. The molecular formula is C24H30N2O4. The number of benzene rings is 2. The van der Waals surface area contributed by atoms with Crippen LogP contribution < -0.4 is 24.4 Å². The van der Waals surface area contributed by atoms with Gasteiger partial charge in [-0.05, 0) is 55.2 Å². The highest BCUT2D eigenvalue weighted by Crippen LogP contribution is 2.40. The number of ether oxygens (including phenoxy) is 3. The third-order valence-corrected chi connectivity index (χ3v) is 5.27. The van der Waals surface area contributed by atoms with Gasteiger partial charge in [-0.3, -0.25) is 4.79 Å². The second kappa shape index (κ2) is 10.6. The fraction of sp³-hybridized carbons (Fsp3) is 0.375. The van der Waals surface area contributed by atoms with Gasteiger partial charge in [0, 0.05) is 37.0 Å². The minimum Gasteiger partial charge on any atom is -0.493 e. The van der Waals surface area contributed by atoms with E-state index in [-0.39, 0.29) is 5.91 Å². The molecule has 1 N–H and O–H groups in total. The first-order chi connectivity index (χ1) is 14.7. The summed E-state index contributed by atoms with van der Waals surface area (Å²) in [4.78, 5) is 14.7. The summed E-state index contributed by atoms with van der Waals surface area (Å²) in [6.07, 6.45) is 7.04. The molecule has 0 atom stereocenters. The predicted octanol–water partition coefficient (Wildman–Crippen LogP) is 4.03. The van der Waals surface area contributed by atoms with Gasteiger partial charge < -0.3 is 24.4 Å². The van der Waals surface area contributed by atoms with Crippen molar-refractivity contribution in [2.45, 2.75) is 25.8 Å². The Morgan fingerprint density at radius 3 is 2.27 bits per heavy atom. The Labute approximate surface area is 178 Å². The molecule has 0 radical (unpaired) electrons. The molecule has 3 rings (SSSR count). The number of carbonyl (C=O) groups excluding carboxylic acids is 1. The zero-order valence-electron chi connectivity index (χ0n) is 17.9. The molecule has 0 unspecified atom stereocenters. The van der Waals surface area contributed by atoms with Gasteiger partial charge in [-0.1, -0.05) is 12.1 Å². The Bertz CT molecular complexity index is 872. The van der Waals surface area contributed by atoms with E-state index in [1.807, 2.05) is 6.07 Å². The van der Waals surface area contributed by atoms with Gasteiger partial charge in [-0.25, -0.2) is 0 Å². The van der Waals surface area contributed by atoms with Gasteiger partial charge in [-0.15, -0.1) is 0 Å². The highest BCUT2D eigenvalue weighted by Gasteiger charge is 2.14. The SMILES string of the molecule is COc1ccc(/C=C/C(=O)NCc2ccc(N3CCCCC3)cc2)c(OC)c1OC. The van der Waals surface area contributed by atoms with E-state index in [0.717, 1.165) is 24.2 Å². The standard InChI is InChI=1S/C24H30N2O4/c1-28-21-13-9-19(23(29-2)24(21)30-3)10-14-22(27)25-17-18-7-11-20(12-8-18)26-15-5-4-6-16-26/h7-14H,4-6,15-17H2,1-3H3,(H,25,27)/b14-10+. The largest absolute Gasteiger partial charge is 0.493 e. The lowest BCUT2D eigenvalue weighted by atomic mass is 10.1. The second-order valence-electron chi connectivity index (χ2n) is 7.19. The maximum Gasteiger partial charge on any atom is 0.244 e. The highest BCUT2D eigenvalue weighted by atomic mass is 16.5. The summed E-state index contributed by atoms with van der Waals surface area (Å²) < 4.78 is 16.1. The van der Waals surface area contributed by atoms with Gasteiger partial charge in [0.25, 0.3) is 0 Å². The van der Waals surface area contributed by atoms with Crippen molar-refractivity contribution in [2.24, 2.45) is 0 Å². The first-order valence-corrected chi connectivity index (χ1v) is 10.2. The van der Waals surface area contributed by atoms with Crippen molar-refractivity contribution in [3.8, 4) is 17.2 Å². The fourth-order valence-corrected chi connectivity index (χ4v) is 3.65. The van der Waals surface area contributed by atoms with Crippen LogP contribution in [0.1, 0.15) is 30.4 Å². The summed E-state index contributed by atoms with van der Waals surface area (Å²) in [5, 5.41) is 2.92. The van der Waals surface area contributed by atoms with Gasteiger partial charge in [0.1, 0.15) is 0 Å². The molecule has 0 aromatic heterocycles. The van der Waals surface area contributed by atoms with Crippen molar-refractivity contribution < 1.29 is 19.0 Å². The molecule has 1 heterocycles. The van der Waals surface area contributed by atoms with E-state index in [4.69, 9.17) is 14.2 Å². The lowest BCUT2D eigenvalue weighted by Gasteiger charge is -2.28. The molecule has 0 aliphatic carbocycles. The summed E-state index contributed by atoms with van der Waals surface area (Å²) in [6, 6.07) is 12.0. The zero-order valence-corrected chi connectivity index (χ0v) is 17.9. The van der Waals surface area contributed by atoms with Gasteiger partial charge in [0.2, 0.25) is 11.7 Å². The summed E-state index contributed by atoms with van der Waals surface area (Å²) in [5.74, 6) is 1.42. The van der Waals surface area contributed by atoms with E-state index in [9.17, 15) is 4.79 Å². The quantitative estimate of drug-likeness (QED) is 0.666. The van der Waals surface area contributed by atoms with E-state index in [0.29, 0.717) is 23.8 Å². The number of hydrogen-bond acceptors (Lipinski definition) is 5. The van der Waals surface area contributed by atoms with Crippen LogP contribution in [0.15, 0.2) is 42.5 Å². The van der Waals surface area contributed by atoms with Gasteiger partial charge in [0.15, 0.2) is 11.5 Å². The molecule has 0 spiro atoms. The number of nitrogens with zero attached hydrogens (tertiary/aromatic N) is 1. The number of methoxy groups -OCH3 is 3. The smallest absolute Gasteiger partial charge is 0.244 e. The summed E-state index contributed by atoms with van der Waals surface area (Å²) in [5.41, 5.74) is 3.06. The lowest BCUT2D eigenvalue weighted by molar-refractivity contribution is -0.116. The molecule has 30 heavy (non-hydrogen) atoms. The molecule has 2 aromatic rings. The molecule has 6 heteroatoms. The third kappa shape index (κ3) is 5.26. The van der Waals surface area contributed by atoms with Crippen molar-refractivity contribution in [3.63, 3.8) is 0 Å². The normalized spacial score (nSPS) is 13.9. The lowest BCUT2D eigenvalue weighted by Crippen LogP contribution is -2.29. The maximum atomic E-state index is 12.3. The molecule has 1 aliphatic rings. The topological polar surface area (TPSA) is 60.0 Å².